The molecule has 156 valence electrons. The fourth-order valence-corrected chi connectivity index (χ4v) is 5.13. The van der Waals surface area contributed by atoms with Crippen molar-refractivity contribution in [3.63, 3.8) is 0 Å². The van der Waals surface area contributed by atoms with Crippen LogP contribution in [-0.2, 0) is 12.8 Å². The lowest BCUT2D eigenvalue weighted by Gasteiger charge is -2.34. The number of likely N-dealkylation sites (tertiary alicyclic amines) is 1. The standard InChI is InChI=1S/C24H27N3O3/c28-22-7-3-5-20-18(22)14-19(23(29)25-20)24(30)26-11-8-16(9-12-26)15-27-13-10-17-4-1-2-6-21(17)27/h1-2,4,6,14,16H,3,5,7-13,15H2,(H,25,29). The van der Waals surface area contributed by atoms with Crippen molar-refractivity contribution in [2.24, 2.45) is 5.92 Å². The fourth-order valence-electron chi connectivity index (χ4n) is 5.13. The number of ketones is 1. The Balaban J connectivity index is 1.24. The summed E-state index contributed by atoms with van der Waals surface area (Å²) in [6.45, 7) is 3.40. The zero-order chi connectivity index (χ0) is 20.7. The van der Waals surface area contributed by atoms with Gasteiger partial charge in [0.1, 0.15) is 5.56 Å². The normalized spacial score (nSPS) is 19.0. The maximum atomic E-state index is 13.0. The minimum absolute atomic E-state index is 0.0196. The van der Waals surface area contributed by atoms with Gasteiger partial charge in [-0.3, -0.25) is 14.4 Å². The van der Waals surface area contributed by atoms with E-state index in [1.807, 2.05) is 0 Å². The number of anilines is 1. The molecule has 2 aromatic rings. The van der Waals surface area contributed by atoms with Crippen LogP contribution in [-0.4, -0.2) is 47.8 Å². The highest BCUT2D eigenvalue weighted by atomic mass is 16.2. The second-order valence-electron chi connectivity index (χ2n) is 8.74. The molecule has 1 aliphatic carbocycles. The lowest BCUT2D eigenvalue weighted by atomic mass is 9.93. The van der Waals surface area contributed by atoms with E-state index in [1.54, 1.807) is 4.90 Å². The quantitative estimate of drug-likeness (QED) is 0.852. The molecule has 6 nitrogen and oxygen atoms in total. The van der Waals surface area contributed by atoms with E-state index in [9.17, 15) is 14.4 Å². The van der Waals surface area contributed by atoms with Crippen molar-refractivity contribution in [3.8, 4) is 0 Å². The third kappa shape index (κ3) is 3.44. The van der Waals surface area contributed by atoms with Crippen molar-refractivity contribution >= 4 is 17.4 Å². The number of aromatic amines is 1. The van der Waals surface area contributed by atoms with Gasteiger partial charge in [0.15, 0.2) is 5.78 Å². The van der Waals surface area contributed by atoms with E-state index < -0.39 is 0 Å². The summed E-state index contributed by atoms with van der Waals surface area (Å²) in [5.41, 5.74) is 3.71. The molecule has 1 N–H and O–H groups in total. The highest BCUT2D eigenvalue weighted by Gasteiger charge is 2.29. The molecule has 5 rings (SSSR count). The number of pyridine rings is 1. The number of carbonyl (C=O) groups is 2. The van der Waals surface area contributed by atoms with Crippen LogP contribution >= 0.6 is 0 Å². The van der Waals surface area contributed by atoms with Gasteiger partial charge in [-0.25, -0.2) is 0 Å². The Morgan fingerprint density at radius 1 is 1.03 bits per heavy atom. The molecule has 1 fully saturated rings. The summed E-state index contributed by atoms with van der Waals surface area (Å²) in [5.74, 6) is 0.317. The van der Waals surface area contributed by atoms with Gasteiger partial charge in [0.25, 0.3) is 11.5 Å². The number of nitrogens with zero attached hydrogens (tertiary/aromatic N) is 2. The first kappa shape index (κ1) is 19.1. The minimum Gasteiger partial charge on any atom is -0.371 e. The van der Waals surface area contributed by atoms with Crippen LogP contribution in [0, 0.1) is 5.92 Å². The van der Waals surface area contributed by atoms with Crippen molar-refractivity contribution < 1.29 is 9.59 Å². The second-order valence-corrected chi connectivity index (χ2v) is 8.74. The van der Waals surface area contributed by atoms with Crippen molar-refractivity contribution in [3.05, 3.63) is 63.1 Å². The van der Waals surface area contributed by atoms with Gasteiger partial charge < -0.3 is 14.8 Å². The first-order valence-electron chi connectivity index (χ1n) is 11.0. The van der Waals surface area contributed by atoms with Gasteiger partial charge >= 0.3 is 0 Å². The highest BCUT2D eigenvalue weighted by molar-refractivity contribution is 6.01. The monoisotopic (exact) mass is 405 g/mol. The lowest BCUT2D eigenvalue weighted by Crippen LogP contribution is -2.43. The van der Waals surface area contributed by atoms with Gasteiger partial charge in [0.2, 0.25) is 0 Å². The molecule has 0 saturated carbocycles. The van der Waals surface area contributed by atoms with Crippen molar-refractivity contribution in [1.82, 2.24) is 9.88 Å². The Morgan fingerprint density at radius 2 is 1.83 bits per heavy atom. The van der Waals surface area contributed by atoms with E-state index in [2.05, 4.69) is 34.1 Å². The summed E-state index contributed by atoms with van der Waals surface area (Å²) in [6.07, 6.45) is 4.91. The van der Waals surface area contributed by atoms with Gasteiger partial charge in [-0.2, -0.15) is 0 Å². The molecule has 0 bridgehead atoms. The van der Waals surface area contributed by atoms with Crippen LogP contribution in [0.5, 0.6) is 0 Å². The number of rotatable bonds is 3. The van der Waals surface area contributed by atoms with E-state index in [1.165, 1.54) is 17.3 Å². The maximum absolute atomic E-state index is 13.0. The van der Waals surface area contributed by atoms with Crippen LogP contribution in [0.25, 0.3) is 0 Å². The van der Waals surface area contributed by atoms with Crippen LogP contribution in [0.1, 0.15) is 57.7 Å². The van der Waals surface area contributed by atoms with E-state index in [4.69, 9.17) is 0 Å². The molecule has 0 radical (unpaired) electrons. The van der Waals surface area contributed by atoms with Crippen LogP contribution in [0.2, 0.25) is 0 Å². The lowest BCUT2D eigenvalue weighted by molar-refractivity contribution is 0.0691. The molecule has 6 heteroatoms. The Kier molecular flexibility index (Phi) is 4.93. The zero-order valence-corrected chi connectivity index (χ0v) is 17.2. The molecule has 0 unspecified atom stereocenters. The van der Waals surface area contributed by atoms with Crippen LogP contribution < -0.4 is 10.5 Å². The van der Waals surface area contributed by atoms with Gasteiger partial charge in [0, 0.05) is 49.5 Å². The van der Waals surface area contributed by atoms with Crippen LogP contribution in [0.15, 0.2) is 35.1 Å². The predicted octanol–water partition coefficient (Wildman–Crippen LogP) is 2.81. The first-order chi connectivity index (χ1) is 14.6. The summed E-state index contributed by atoms with van der Waals surface area (Å²) in [7, 11) is 0. The largest absolute Gasteiger partial charge is 0.371 e. The average Bonchev–Trinajstić information content (AvgIpc) is 3.16. The number of fused-ring (bicyclic) bond motifs is 2. The summed E-state index contributed by atoms with van der Waals surface area (Å²) in [5, 5.41) is 0. The summed E-state index contributed by atoms with van der Waals surface area (Å²) < 4.78 is 0. The first-order valence-corrected chi connectivity index (χ1v) is 11.0. The predicted molar refractivity (Wildman–Crippen MR) is 115 cm³/mol. The summed E-state index contributed by atoms with van der Waals surface area (Å²) in [6, 6.07) is 10.1. The Morgan fingerprint density at radius 3 is 2.67 bits per heavy atom. The Bertz CT molecular complexity index is 1050. The number of piperidine rings is 1. The fraction of sp³-hybridized carbons (Fsp3) is 0.458. The topological polar surface area (TPSA) is 73.5 Å². The average molecular weight is 405 g/mol. The summed E-state index contributed by atoms with van der Waals surface area (Å²) in [4.78, 5) is 44.7. The molecular weight excluding hydrogens is 378 g/mol. The van der Waals surface area contributed by atoms with Crippen LogP contribution in [0.4, 0.5) is 5.69 Å². The van der Waals surface area contributed by atoms with Gasteiger partial charge in [-0.1, -0.05) is 18.2 Å². The molecule has 3 aliphatic rings. The number of hydrogen-bond donors (Lipinski definition) is 1. The number of H-pyrrole nitrogens is 1. The van der Waals surface area contributed by atoms with Crippen molar-refractivity contribution in [2.45, 2.75) is 38.5 Å². The molecular formula is C24H27N3O3. The summed E-state index contributed by atoms with van der Waals surface area (Å²) >= 11 is 0. The van der Waals surface area contributed by atoms with Crippen molar-refractivity contribution in [1.29, 1.82) is 0 Å². The molecule has 1 amide bonds. The highest BCUT2D eigenvalue weighted by Crippen LogP contribution is 2.30. The number of aryl methyl sites for hydroxylation is 1. The zero-order valence-electron chi connectivity index (χ0n) is 17.2. The van der Waals surface area contributed by atoms with Crippen molar-refractivity contribution in [2.75, 3.05) is 31.1 Å². The molecule has 1 aromatic carbocycles. The molecule has 0 spiro atoms. The number of hydrogen-bond acceptors (Lipinski definition) is 4. The van der Waals surface area contributed by atoms with E-state index in [0.717, 1.165) is 38.8 Å². The number of nitrogens with one attached hydrogen (secondary N) is 1. The maximum Gasteiger partial charge on any atom is 0.261 e. The van der Waals surface area contributed by atoms with Gasteiger partial charge in [-0.05, 0) is 55.7 Å². The number of carbonyl (C=O) groups excluding carboxylic acids is 2. The smallest absolute Gasteiger partial charge is 0.261 e. The number of aromatic nitrogens is 1. The van der Waals surface area contributed by atoms with E-state index >= 15 is 0 Å². The molecule has 2 aliphatic heterocycles. The molecule has 0 atom stereocenters. The third-order valence-electron chi connectivity index (χ3n) is 6.85. The number of amides is 1. The van der Waals surface area contributed by atoms with Gasteiger partial charge in [0.05, 0.1) is 0 Å². The second kappa shape index (κ2) is 7.74. The van der Waals surface area contributed by atoms with Gasteiger partial charge in [-0.15, -0.1) is 0 Å². The minimum atomic E-state index is -0.371. The Labute approximate surface area is 175 Å². The Hall–Kier alpha value is -2.89. The molecule has 1 aromatic heterocycles. The number of benzene rings is 1. The molecule has 1 saturated heterocycles. The van der Waals surface area contributed by atoms with E-state index in [0.29, 0.717) is 43.1 Å². The number of para-hydroxylation sites is 1. The van der Waals surface area contributed by atoms with E-state index in [-0.39, 0.29) is 22.8 Å². The van der Waals surface area contributed by atoms with Crippen LogP contribution in [0.3, 0.4) is 0 Å². The number of Topliss-reactive ketones (excluding diaryl/α,β-unsaturated/α-hetero) is 1. The molecule has 30 heavy (non-hydrogen) atoms. The third-order valence-corrected chi connectivity index (χ3v) is 6.85. The SMILES string of the molecule is O=C1CCCc2[nH]c(=O)c(C(=O)N3CCC(CN4CCc5ccccc54)CC3)cc21. The molecule has 3 heterocycles.